The molecule has 1 aromatic heterocycles. The number of thiophene rings is 1. The zero-order valence-electron chi connectivity index (χ0n) is 13.8. The minimum absolute atomic E-state index is 0.0235. The number of benzene rings is 1. The number of hydrogen-bond acceptors (Lipinski definition) is 3. The molecule has 3 nitrogen and oxygen atoms in total. The summed E-state index contributed by atoms with van der Waals surface area (Å²) in [6, 6.07) is 10.7. The minimum atomic E-state index is -0.289. The molecule has 1 aromatic carbocycles. The summed E-state index contributed by atoms with van der Waals surface area (Å²) in [4.78, 5) is 19.4. The molecule has 0 N–H and O–H groups in total. The van der Waals surface area contributed by atoms with Gasteiger partial charge < -0.3 is 4.90 Å². The Morgan fingerprint density at radius 3 is 2.88 bits per heavy atom. The molecule has 126 valence electrons. The molecule has 2 aliphatic rings. The Kier molecular flexibility index (Phi) is 3.93. The molecule has 4 rings (SSSR count). The molecule has 0 bridgehead atoms. The van der Waals surface area contributed by atoms with E-state index in [4.69, 9.17) is 0 Å². The number of hydrogen-bond donors (Lipinski definition) is 0. The summed E-state index contributed by atoms with van der Waals surface area (Å²) < 4.78 is 13.5. The predicted molar refractivity (Wildman–Crippen MR) is 94.8 cm³/mol. The van der Waals surface area contributed by atoms with Gasteiger partial charge in [0.2, 0.25) is 5.91 Å². The summed E-state index contributed by atoms with van der Waals surface area (Å²) in [6.07, 6.45) is 1.61. The van der Waals surface area contributed by atoms with Gasteiger partial charge in [0.05, 0.1) is 0 Å². The van der Waals surface area contributed by atoms with Crippen LogP contribution < -0.4 is 4.90 Å². The van der Waals surface area contributed by atoms with Crippen molar-refractivity contribution in [1.29, 1.82) is 0 Å². The molecule has 2 saturated heterocycles. The molecule has 2 aromatic rings. The first kappa shape index (κ1) is 15.8. The molecule has 1 amide bonds. The summed E-state index contributed by atoms with van der Waals surface area (Å²) in [6.45, 7) is 5.78. The maximum absolute atomic E-state index is 13.5. The molecule has 0 unspecified atom stereocenters. The highest BCUT2D eigenvalue weighted by atomic mass is 32.1. The van der Waals surface area contributed by atoms with Crippen LogP contribution >= 0.6 is 11.3 Å². The first-order valence-electron chi connectivity index (χ1n) is 8.37. The van der Waals surface area contributed by atoms with Gasteiger partial charge in [0.15, 0.2) is 0 Å². The van der Waals surface area contributed by atoms with E-state index in [-0.39, 0.29) is 17.1 Å². The van der Waals surface area contributed by atoms with Crippen molar-refractivity contribution in [3.8, 4) is 0 Å². The molecule has 3 heterocycles. The van der Waals surface area contributed by atoms with Gasteiger partial charge in [0, 0.05) is 46.9 Å². The van der Waals surface area contributed by atoms with Crippen LogP contribution in [-0.4, -0.2) is 30.4 Å². The largest absolute Gasteiger partial charge is 0.312 e. The van der Waals surface area contributed by atoms with Crippen LogP contribution in [-0.2, 0) is 11.3 Å². The number of amides is 1. The molecule has 0 radical (unpaired) electrons. The zero-order valence-corrected chi connectivity index (χ0v) is 14.6. The number of anilines is 1. The van der Waals surface area contributed by atoms with E-state index in [1.165, 1.54) is 21.9 Å². The van der Waals surface area contributed by atoms with E-state index >= 15 is 0 Å². The lowest BCUT2D eigenvalue weighted by Gasteiger charge is -2.24. The van der Waals surface area contributed by atoms with Crippen LogP contribution in [0.3, 0.4) is 0 Å². The Labute approximate surface area is 145 Å². The second-order valence-corrected chi connectivity index (χ2v) is 8.48. The fourth-order valence-electron chi connectivity index (χ4n) is 4.00. The van der Waals surface area contributed by atoms with Crippen molar-refractivity contribution in [3.05, 3.63) is 52.0 Å². The summed E-state index contributed by atoms with van der Waals surface area (Å²) >= 11 is 1.84. The van der Waals surface area contributed by atoms with E-state index in [0.717, 1.165) is 26.1 Å². The molecule has 1 atom stereocenters. The smallest absolute Gasteiger partial charge is 0.227 e. The second kappa shape index (κ2) is 5.97. The van der Waals surface area contributed by atoms with Crippen LogP contribution in [0.15, 0.2) is 36.4 Å². The zero-order chi connectivity index (χ0) is 16.7. The number of nitrogens with zero attached hydrogens (tertiary/aromatic N) is 2. The van der Waals surface area contributed by atoms with Crippen LogP contribution in [0, 0.1) is 18.2 Å². The van der Waals surface area contributed by atoms with Crippen LogP contribution in [0.1, 0.15) is 22.6 Å². The predicted octanol–water partition coefficient (Wildman–Crippen LogP) is 3.82. The van der Waals surface area contributed by atoms with Crippen LogP contribution in [0.25, 0.3) is 0 Å². The van der Waals surface area contributed by atoms with Gasteiger partial charge in [-0.2, -0.15) is 0 Å². The number of carbonyl (C=O) groups excluding carboxylic acids is 1. The molecule has 1 spiro atoms. The Morgan fingerprint density at radius 2 is 2.12 bits per heavy atom. The minimum Gasteiger partial charge on any atom is -0.312 e. The van der Waals surface area contributed by atoms with Crippen molar-refractivity contribution in [1.82, 2.24) is 4.90 Å². The van der Waals surface area contributed by atoms with Crippen molar-refractivity contribution < 1.29 is 9.18 Å². The number of rotatable bonds is 3. The lowest BCUT2D eigenvalue weighted by atomic mass is 9.86. The summed E-state index contributed by atoms with van der Waals surface area (Å²) in [5.41, 5.74) is 0.708. The Balaban J connectivity index is 1.46. The lowest BCUT2D eigenvalue weighted by molar-refractivity contribution is -0.117. The van der Waals surface area contributed by atoms with Gasteiger partial charge in [-0.25, -0.2) is 4.39 Å². The number of carbonyl (C=O) groups is 1. The van der Waals surface area contributed by atoms with E-state index in [1.54, 1.807) is 11.0 Å². The SMILES string of the molecule is Cc1ccc(CN2CC[C@]3(CC(=O)N(c4cccc(F)c4)C3)C2)s1. The second-order valence-electron chi connectivity index (χ2n) is 7.11. The van der Waals surface area contributed by atoms with E-state index in [2.05, 4.69) is 24.0 Å². The van der Waals surface area contributed by atoms with Gasteiger partial charge in [0.25, 0.3) is 0 Å². The van der Waals surface area contributed by atoms with Crippen LogP contribution in [0.2, 0.25) is 0 Å². The normalized spacial score (nSPS) is 24.4. The Morgan fingerprint density at radius 1 is 1.25 bits per heavy atom. The maximum Gasteiger partial charge on any atom is 0.227 e. The third-order valence-corrected chi connectivity index (χ3v) is 6.12. The Bertz CT molecular complexity index is 774. The van der Waals surface area contributed by atoms with Gasteiger partial charge in [-0.15, -0.1) is 11.3 Å². The van der Waals surface area contributed by atoms with E-state index < -0.39 is 0 Å². The molecule has 0 saturated carbocycles. The summed E-state index contributed by atoms with van der Waals surface area (Å²) in [5.74, 6) is -0.170. The van der Waals surface area contributed by atoms with E-state index in [0.29, 0.717) is 18.7 Å². The molecule has 0 aliphatic carbocycles. The molecular formula is C19H21FN2OS. The molecule has 5 heteroatoms. The number of aryl methyl sites for hydroxylation is 1. The first-order chi connectivity index (χ1) is 11.5. The molecule has 24 heavy (non-hydrogen) atoms. The first-order valence-corrected chi connectivity index (χ1v) is 9.18. The van der Waals surface area contributed by atoms with Crippen LogP contribution in [0.4, 0.5) is 10.1 Å². The van der Waals surface area contributed by atoms with Gasteiger partial charge in [-0.3, -0.25) is 9.69 Å². The molecule has 2 aliphatic heterocycles. The van der Waals surface area contributed by atoms with Gasteiger partial charge >= 0.3 is 0 Å². The van der Waals surface area contributed by atoms with E-state index in [9.17, 15) is 9.18 Å². The summed E-state index contributed by atoms with van der Waals surface area (Å²) in [7, 11) is 0. The lowest BCUT2D eigenvalue weighted by Crippen LogP contribution is -2.31. The van der Waals surface area contributed by atoms with Crippen molar-refractivity contribution in [2.24, 2.45) is 5.41 Å². The third kappa shape index (κ3) is 2.98. The maximum atomic E-state index is 13.5. The average Bonchev–Trinajstić information content (AvgIpc) is 3.21. The van der Waals surface area contributed by atoms with Gasteiger partial charge in [-0.05, 0) is 50.2 Å². The van der Waals surface area contributed by atoms with Crippen molar-refractivity contribution >= 4 is 22.9 Å². The summed E-state index contributed by atoms with van der Waals surface area (Å²) in [5, 5.41) is 0. The van der Waals surface area contributed by atoms with Gasteiger partial charge in [0.1, 0.15) is 5.82 Å². The fraction of sp³-hybridized carbons (Fsp3) is 0.421. The Hall–Kier alpha value is -1.72. The highest BCUT2D eigenvalue weighted by Gasteiger charge is 2.47. The van der Waals surface area contributed by atoms with Crippen molar-refractivity contribution in [2.45, 2.75) is 26.3 Å². The third-order valence-electron chi connectivity index (χ3n) is 5.13. The number of halogens is 1. The molecule has 2 fully saturated rings. The van der Waals surface area contributed by atoms with Crippen molar-refractivity contribution in [3.63, 3.8) is 0 Å². The monoisotopic (exact) mass is 344 g/mol. The number of likely N-dealkylation sites (tertiary alicyclic amines) is 1. The molecular weight excluding hydrogens is 323 g/mol. The standard InChI is InChI=1S/C19H21FN2OS/c1-14-5-6-17(24-14)11-21-8-7-19(12-21)10-18(23)22(13-19)16-4-2-3-15(20)9-16/h2-6,9H,7-8,10-13H2,1H3/t19-/m0/s1. The van der Waals surface area contributed by atoms with Crippen molar-refractivity contribution in [2.75, 3.05) is 24.5 Å². The quantitative estimate of drug-likeness (QED) is 0.845. The fourth-order valence-corrected chi connectivity index (χ4v) is 4.93. The van der Waals surface area contributed by atoms with Crippen LogP contribution in [0.5, 0.6) is 0 Å². The topological polar surface area (TPSA) is 23.6 Å². The highest BCUT2D eigenvalue weighted by Crippen LogP contribution is 2.42. The highest BCUT2D eigenvalue weighted by molar-refractivity contribution is 7.11. The van der Waals surface area contributed by atoms with E-state index in [1.807, 2.05) is 17.4 Å². The van der Waals surface area contributed by atoms with Gasteiger partial charge in [-0.1, -0.05) is 6.07 Å². The average molecular weight is 344 g/mol.